The molecule has 0 aliphatic heterocycles. The molecule has 1 spiro atoms. The highest BCUT2D eigenvalue weighted by Gasteiger charge is 2.45. The average molecular weight is 328 g/mol. The molecule has 2 aliphatic carbocycles. The van der Waals surface area contributed by atoms with Gasteiger partial charge in [-0.1, -0.05) is 29.6 Å². The number of rotatable bonds is 2. The third-order valence-corrected chi connectivity index (χ3v) is 5.07. The summed E-state index contributed by atoms with van der Waals surface area (Å²) in [7, 11) is 0. The number of ketones is 1. The standard InChI is InChI=1S/C15H15Cl2NO3/c1-2-21-14(20)11-12(16)10-8(18-13(11)17)6-15(4-3-5-15)7-9(10)19/h2-7H2,1H3. The van der Waals surface area contributed by atoms with E-state index in [0.29, 0.717) is 24.1 Å². The number of aromatic nitrogens is 1. The Balaban J connectivity index is 2.08. The zero-order valence-electron chi connectivity index (χ0n) is 11.7. The number of carbonyl (C=O) groups excluding carboxylic acids is 2. The zero-order chi connectivity index (χ0) is 15.2. The summed E-state index contributed by atoms with van der Waals surface area (Å²) < 4.78 is 4.93. The second-order valence-corrected chi connectivity index (χ2v) is 6.50. The summed E-state index contributed by atoms with van der Waals surface area (Å²) in [5, 5.41) is 0.101. The molecule has 3 rings (SSSR count). The summed E-state index contributed by atoms with van der Waals surface area (Å²) in [6.07, 6.45) is 4.40. The van der Waals surface area contributed by atoms with E-state index in [9.17, 15) is 9.59 Å². The van der Waals surface area contributed by atoms with Gasteiger partial charge in [-0.3, -0.25) is 4.79 Å². The van der Waals surface area contributed by atoms with Crippen LogP contribution in [0.3, 0.4) is 0 Å². The van der Waals surface area contributed by atoms with Crippen molar-refractivity contribution in [3.8, 4) is 0 Å². The van der Waals surface area contributed by atoms with Crippen molar-refractivity contribution >= 4 is 35.0 Å². The predicted molar refractivity (Wildman–Crippen MR) is 79.1 cm³/mol. The van der Waals surface area contributed by atoms with Crippen LogP contribution in [0.25, 0.3) is 0 Å². The molecular formula is C15H15Cl2NO3. The minimum Gasteiger partial charge on any atom is -0.462 e. The number of hydrogen-bond acceptors (Lipinski definition) is 4. The van der Waals surface area contributed by atoms with Crippen molar-refractivity contribution in [3.63, 3.8) is 0 Å². The number of fused-ring (bicyclic) bond motifs is 1. The lowest BCUT2D eigenvalue weighted by molar-refractivity contribution is 0.0526. The summed E-state index contributed by atoms with van der Waals surface area (Å²) in [6, 6.07) is 0. The minimum atomic E-state index is -0.639. The van der Waals surface area contributed by atoms with Gasteiger partial charge in [0.25, 0.3) is 0 Å². The molecule has 1 fully saturated rings. The number of nitrogens with zero attached hydrogens (tertiary/aromatic N) is 1. The first-order chi connectivity index (χ1) is 9.97. The smallest absolute Gasteiger partial charge is 0.342 e. The summed E-state index contributed by atoms with van der Waals surface area (Å²) in [5.41, 5.74) is 1.00. The largest absolute Gasteiger partial charge is 0.462 e. The minimum absolute atomic E-state index is 0.00292. The molecule has 1 aromatic heterocycles. The van der Waals surface area contributed by atoms with E-state index in [-0.39, 0.29) is 33.5 Å². The fraction of sp³-hybridized carbons (Fsp3) is 0.533. The highest BCUT2D eigenvalue weighted by atomic mass is 35.5. The molecule has 0 aromatic carbocycles. The van der Waals surface area contributed by atoms with Crippen LogP contribution in [0.1, 0.15) is 59.0 Å². The summed E-state index contributed by atoms with van der Waals surface area (Å²) in [6.45, 7) is 1.90. The van der Waals surface area contributed by atoms with Crippen LogP contribution >= 0.6 is 23.2 Å². The van der Waals surface area contributed by atoms with E-state index in [0.717, 1.165) is 19.3 Å². The van der Waals surface area contributed by atoms with Crippen LogP contribution in [-0.2, 0) is 11.2 Å². The van der Waals surface area contributed by atoms with Crippen molar-refractivity contribution in [3.05, 3.63) is 27.0 Å². The number of esters is 1. The molecule has 6 heteroatoms. The first kappa shape index (κ1) is 14.8. The zero-order valence-corrected chi connectivity index (χ0v) is 13.2. The maximum Gasteiger partial charge on any atom is 0.342 e. The molecule has 0 saturated heterocycles. The van der Waals surface area contributed by atoms with Crippen molar-refractivity contribution in [2.24, 2.45) is 5.41 Å². The predicted octanol–water partition coefficient (Wildman–Crippen LogP) is 3.86. The first-order valence-electron chi connectivity index (χ1n) is 7.05. The number of Topliss-reactive ketones (excluding diaryl/α,β-unsaturated/α-hetero) is 1. The van der Waals surface area contributed by atoms with Gasteiger partial charge in [-0.15, -0.1) is 0 Å². The number of ether oxygens (including phenoxy) is 1. The van der Waals surface area contributed by atoms with Gasteiger partial charge in [0.2, 0.25) is 0 Å². The van der Waals surface area contributed by atoms with Crippen LogP contribution in [-0.4, -0.2) is 23.3 Å². The topological polar surface area (TPSA) is 56.3 Å². The van der Waals surface area contributed by atoms with Gasteiger partial charge in [0.05, 0.1) is 22.9 Å². The highest BCUT2D eigenvalue weighted by molar-refractivity contribution is 6.41. The first-order valence-corrected chi connectivity index (χ1v) is 7.81. The molecule has 0 radical (unpaired) electrons. The van der Waals surface area contributed by atoms with E-state index in [4.69, 9.17) is 27.9 Å². The van der Waals surface area contributed by atoms with Crippen LogP contribution in [0.4, 0.5) is 0 Å². The maximum absolute atomic E-state index is 12.4. The lowest BCUT2D eigenvalue weighted by Crippen LogP contribution is -2.39. The number of halogens is 2. The molecule has 1 heterocycles. The Morgan fingerprint density at radius 1 is 1.33 bits per heavy atom. The summed E-state index contributed by atoms with van der Waals surface area (Å²) in [5.74, 6) is -0.685. The maximum atomic E-state index is 12.4. The van der Waals surface area contributed by atoms with Crippen LogP contribution in [0.5, 0.6) is 0 Å². The van der Waals surface area contributed by atoms with E-state index in [1.54, 1.807) is 6.92 Å². The van der Waals surface area contributed by atoms with E-state index in [1.807, 2.05) is 0 Å². The molecular weight excluding hydrogens is 313 g/mol. The van der Waals surface area contributed by atoms with Gasteiger partial charge in [0.15, 0.2) is 5.78 Å². The second kappa shape index (κ2) is 5.25. The van der Waals surface area contributed by atoms with Crippen LogP contribution in [0.15, 0.2) is 0 Å². The van der Waals surface area contributed by atoms with E-state index in [1.165, 1.54) is 0 Å². The highest BCUT2D eigenvalue weighted by Crippen LogP contribution is 2.51. The molecule has 1 saturated carbocycles. The fourth-order valence-electron chi connectivity index (χ4n) is 3.24. The SMILES string of the molecule is CCOC(=O)c1c(Cl)nc2c(c1Cl)C(=O)CC1(CCC1)C2. The molecule has 1 aromatic rings. The van der Waals surface area contributed by atoms with E-state index in [2.05, 4.69) is 4.98 Å². The van der Waals surface area contributed by atoms with Crippen molar-refractivity contribution in [1.29, 1.82) is 0 Å². The number of pyridine rings is 1. The van der Waals surface area contributed by atoms with Gasteiger partial charge in [-0.2, -0.15) is 0 Å². The molecule has 0 amide bonds. The van der Waals surface area contributed by atoms with Crippen molar-refractivity contribution in [2.75, 3.05) is 6.61 Å². The second-order valence-electron chi connectivity index (χ2n) is 5.76. The molecule has 0 atom stereocenters. The molecule has 0 N–H and O–H groups in total. The van der Waals surface area contributed by atoms with Crippen LogP contribution in [0, 0.1) is 5.41 Å². The van der Waals surface area contributed by atoms with Crippen molar-refractivity contribution in [1.82, 2.24) is 4.98 Å². The molecule has 4 nitrogen and oxygen atoms in total. The molecule has 0 bridgehead atoms. The Kier molecular flexibility index (Phi) is 3.70. The summed E-state index contributed by atoms with van der Waals surface area (Å²) >= 11 is 12.4. The average Bonchev–Trinajstić information content (AvgIpc) is 2.35. The van der Waals surface area contributed by atoms with E-state index >= 15 is 0 Å². The number of carbonyl (C=O) groups is 2. The Morgan fingerprint density at radius 3 is 2.62 bits per heavy atom. The Hall–Kier alpha value is -1.13. The third kappa shape index (κ3) is 2.34. The van der Waals surface area contributed by atoms with Crippen LogP contribution < -0.4 is 0 Å². The van der Waals surface area contributed by atoms with Gasteiger partial charge in [-0.05, 0) is 31.6 Å². The Labute approximate surface area is 132 Å². The fourth-order valence-corrected chi connectivity index (χ4v) is 3.94. The van der Waals surface area contributed by atoms with E-state index < -0.39 is 5.97 Å². The summed E-state index contributed by atoms with van der Waals surface area (Å²) in [4.78, 5) is 28.6. The molecule has 0 unspecified atom stereocenters. The van der Waals surface area contributed by atoms with Crippen LogP contribution in [0.2, 0.25) is 10.2 Å². The van der Waals surface area contributed by atoms with Gasteiger partial charge in [0, 0.05) is 6.42 Å². The monoisotopic (exact) mass is 327 g/mol. The molecule has 112 valence electrons. The number of hydrogen-bond donors (Lipinski definition) is 0. The van der Waals surface area contributed by atoms with Crippen molar-refractivity contribution in [2.45, 2.75) is 39.0 Å². The van der Waals surface area contributed by atoms with Crippen molar-refractivity contribution < 1.29 is 14.3 Å². The Morgan fingerprint density at radius 2 is 2.05 bits per heavy atom. The lowest BCUT2D eigenvalue weighted by Gasteiger charge is -2.44. The normalized spacial score (nSPS) is 19.1. The quantitative estimate of drug-likeness (QED) is 0.611. The van der Waals surface area contributed by atoms with Gasteiger partial charge < -0.3 is 4.74 Å². The molecule has 2 aliphatic rings. The third-order valence-electron chi connectivity index (χ3n) is 4.42. The lowest BCUT2D eigenvalue weighted by atomic mass is 9.60. The molecule has 21 heavy (non-hydrogen) atoms. The van der Waals surface area contributed by atoms with Gasteiger partial charge >= 0.3 is 5.97 Å². The van der Waals surface area contributed by atoms with Gasteiger partial charge in [-0.25, -0.2) is 9.78 Å². The van der Waals surface area contributed by atoms with Gasteiger partial charge in [0.1, 0.15) is 10.7 Å². The Bertz CT molecular complexity index is 638.